The summed E-state index contributed by atoms with van der Waals surface area (Å²) in [6, 6.07) is 0. The van der Waals surface area contributed by atoms with Crippen molar-refractivity contribution in [2.45, 2.75) is 38.8 Å². The Labute approximate surface area is 92.8 Å². The highest BCUT2D eigenvalue weighted by molar-refractivity contribution is 5.67. The Morgan fingerprint density at radius 3 is 2.38 bits per heavy atom. The van der Waals surface area contributed by atoms with E-state index in [9.17, 15) is 18.0 Å². The fourth-order valence-corrected chi connectivity index (χ4v) is 1.61. The van der Waals surface area contributed by atoms with Crippen molar-refractivity contribution >= 4 is 5.97 Å². The molecule has 6 heteroatoms. The number of aliphatic carboxylic acids is 1. The minimum absolute atomic E-state index is 0.0274. The number of rotatable bonds is 7. The molecule has 0 unspecified atom stereocenters. The molecule has 0 bridgehead atoms. The van der Waals surface area contributed by atoms with Gasteiger partial charge >= 0.3 is 12.1 Å². The molecule has 0 rings (SSSR count). The lowest BCUT2D eigenvalue weighted by Crippen LogP contribution is -2.21. The maximum Gasteiger partial charge on any atom is 0.389 e. The minimum Gasteiger partial charge on any atom is -0.481 e. The second-order valence-corrected chi connectivity index (χ2v) is 4.19. The quantitative estimate of drug-likeness (QED) is 0.719. The number of hydrogen-bond acceptors (Lipinski definition) is 2. The Balaban J connectivity index is 3.91. The average molecular weight is 241 g/mol. The molecular formula is C10H18F3NO2. The van der Waals surface area contributed by atoms with Crippen molar-refractivity contribution in [3.63, 3.8) is 0 Å². The van der Waals surface area contributed by atoms with Crippen LogP contribution < -0.4 is 5.73 Å². The molecule has 0 aliphatic heterocycles. The predicted molar refractivity (Wildman–Crippen MR) is 53.9 cm³/mol. The maximum absolute atomic E-state index is 11.9. The fraction of sp³-hybridized carbons (Fsp3) is 0.900. The summed E-state index contributed by atoms with van der Waals surface area (Å²) in [4.78, 5) is 10.4. The molecule has 96 valence electrons. The predicted octanol–water partition coefficient (Wildman–Crippen LogP) is 2.40. The largest absolute Gasteiger partial charge is 0.481 e. The highest BCUT2D eigenvalue weighted by atomic mass is 19.4. The highest BCUT2D eigenvalue weighted by Gasteiger charge is 2.28. The summed E-state index contributed by atoms with van der Waals surface area (Å²) in [5.41, 5.74) is 5.37. The lowest BCUT2D eigenvalue weighted by molar-refractivity contribution is -0.140. The van der Waals surface area contributed by atoms with Gasteiger partial charge in [-0.25, -0.2) is 0 Å². The summed E-state index contributed by atoms with van der Waals surface area (Å²) in [5, 5.41) is 8.55. The van der Waals surface area contributed by atoms with Crippen LogP contribution in [0.4, 0.5) is 13.2 Å². The summed E-state index contributed by atoms with van der Waals surface area (Å²) < 4.78 is 35.8. The number of hydrogen-bond donors (Lipinski definition) is 2. The molecule has 3 nitrogen and oxygen atoms in total. The number of alkyl halides is 3. The average Bonchev–Trinajstić information content (AvgIpc) is 2.12. The van der Waals surface area contributed by atoms with Gasteiger partial charge in [-0.1, -0.05) is 6.92 Å². The zero-order chi connectivity index (χ0) is 12.8. The molecular weight excluding hydrogens is 223 g/mol. The third-order valence-electron chi connectivity index (χ3n) is 2.45. The normalized spacial score (nSPS) is 15.8. The molecule has 0 aromatic carbocycles. The van der Waals surface area contributed by atoms with Crippen LogP contribution in [0.1, 0.15) is 32.6 Å². The van der Waals surface area contributed by atoms with E-state index in [1.165, 1.54) is 0 Å². The molecule has 0 aliphatic carbocycles. The third-order valence-corrected chi connectivity index (χ3v) is 2.45. The van der Waals surface area contributed by atoms with Gasteiger partial charge in [-0.15, -0.1) is 0 Å². The number of carboxylic acids is 1. The van der Waals surface area contributed by atoms with Crippen LogP contribution in [0.3, 0.4) is 0 Å². The highest BCUT2D eigenvalue weighted by Crippen LogP contribution is 2.27. The van der Waals surface area contributed by atoms with Crippen molar-refractivity contribution < 1.29 is 23.1 Å². The van der Waals surface area contributed by atoms with E-state index in [0.29, 0.717) is 6.42 Å². The van der Waals surface area contributed by atoms with Gasteiger partial charge in [-0.2, -0.15) is 13.2 Å². The van der Waals surface area contributed by atoms with Crippen LogP contribution >= 0.6 is 0 Å². The Hall–Kier alpha value is -0.780. The minimum atomic E-state index is -4.14. The van der Waals surface area contributed by atoms with Gasteiger partial charge in [0.05, 0.1) is 0 Å². The number of carbonyl (C=O) groups is 1. The Bertz CT molecular complexity index is 219. The lowest BCUT2D eigenvalue weighted by Gasteiger charge is -2.18. The van der Waals surface area contributed by atoms with E-state index in [2.05, 4.69) is 0 Å². The van der Waals surface area contributed by atoms with E-state index in [4.69, 9.17) is 10.8 Å². The second-order valence-electron chi connectivity index (χ2n) is 4.19. The van der Waals surface area contributed by atoms with E-state index in [0.717, 1.165) is 0 Å². The van der Waals surface area contributed by atoms with Gasteiger partial charge in [0.2, 0.25) is 0 Å². The van der Waals surface area contributed by atoms with Crippen LogP contribution in [-0.2, 0) is 4.79 Å². The lowest BCUT2D eigenvalue weighted by atomic mass is 9.90. The van der Waals surface area contributed by atoms with Gasteiger partial charge in [0.1, 0.15) is 0 Å². The standard InChI is InChI=1S/C10H18F3NO2/c1-7(2-3-10(11,12)13)4-8(6-14)5-9(15)16/h7-8H,2-6,14H2,1H3,(H,15,16)/t7-,8-/m0/s1. The maximum atomic E-state index is 11.9. The first-order valence-electron chi connectivity index (χ1n) is 5.23. The van der Waals surface area contributed by atoms with Gasteiger partial charge in [0.15, 0.2) is 0 Å². The molecule has 0 amide bonds. The number of carboxylic acid groups (broad SMARTS) is 1. The summed E-state index contributed by atoms with van der Waals surface area (Å²) >= 11 is 0. The smallest absolute Gasteiger partial charge is 0.389 e. The zero-order valence-corrected chi connectivity index (χ0v) is 9.26. The monoisotopic (exact) mass is 241 g/mol. The molecule has 0 radical (unpaired) electrons. The molecule has 0 spiro atoms. The molecule has 3 N–H and O–H groups in total. The molecule has 0 saturated heterocycles. The summed E-state index contributed by atoms with van der Waals surface area (Å²) in [6.07, 6.45) is -4.58. The van der Waals surface area contributed by atoms with Gasteiger partial charge < -0.3 is 10.8 Å². The Kier molecular flexibility index (Phi) is 6.40. The van der Waals surface area contributed by atoms with Crippen molar-refractivity contribution in [2.75, 3.05) is 6.54 Å². The van der Waals surface area contributed by atoms with Gasteiger partial charge in [0, 0.05) is 12.8 Å². The van der Waals surface area contributed by atoms with Crippen molar-refractivity contribution in [3.05, 3.63) is 0 Å². The van der Waals surface area contributed by atoms with E-state index < -0.39 is 18.6 Å². The molecule has 0 aliphatic rings. The summed E-state index contributed by atoms with van der Waals surface area (Å²) in [6.45, 7) is 1.89. The molecule has 16 heavy (non-hydrogen) atoms. The van der Waals surface area contributed by atoms with Crippen molar-refractivity contribution in [1.82, 2.24) is 0 Å². The summed E-state index contributed by atoms with van der Waals surface area (Å²) in [7, 11) is 0. The van der Waals surface area contributed by atoms with Gasteiger partial charge in [0.25, 0.3) is 0 Å². The van der Waals surface area contributed by atoms with Crippen LogP contribution in [0.2, 0.25) is 0 Å². The number of halogens is 3. The molecule has 0 aromatic rings. The zero-order valence-electron chi connectivity index (χ0n) is 9.26. The van der Waals surface area contributed by atoms with E-state index in [1.54, 1.807) is 6.92 Å². The fourth-order valence-electron chi connectivity index (χ4n) is 1.61. The van der Waals surface area contributed by atoms with Gasteiger partial charge in [-0.05, 0) is 31.2 Å². The van der Waals surface area contributed by atoms with Crippen molar-refractivity contribution in [2.24, 2.45) is 17.6 Å². The van der Waals surface area contributed by atoms with Crippen molar-refractivity contribution in [1.29, 1.82) is 0 Å². The molecule has 0 fully saturated rings. The first-order chi connectivity index (χ1) is 7.24. The summed E-state index contributed by atoms with van der Waals surface area (Å²) in [5.74, 6) is -1.35. The van der Waals surface area contributed by atoms with Crippen LogP contribution in [0.25, 0.3) is 0 Å². The molecule has 2 atom stereocenters. The van der Waals surface area contributed by atoms with Crippen molar-refractivity contribution in [3.8, 4) is 0 Å². The Morgan fingerprint density at radius 2 is 2.00 bits per heavy atom. The van der Waals surface area contributed by atoms with Crippen LogP contribution in [-0.4, -0.2) is 23.8 Å². The Morgan fingerprint density at radius 1 is 1.44 bits per heavy atom. The van der Waals surface area contributed by atoms with Crippen LogP contribution in [0, 0.1) is 11.8 Å². The first kappa shape index (κ1) is 15.2. The number of nitrogens with two attached hydrogens (primary N) is 1. The van der Waals surface area contributed by atoms with Gasteiger partial charge in [-0.3, -0.25) is 4.79 Å². The molecule has 0 heterocycles. The topological polar surface area (TPSA) is 63.3 Å². The van der Waals surface area contributed by atoms with E-state index >= 15 is 0 Å². The third kappa shape index (κ3) is 8.52. The van der Waals surface area contributed by atoms with E-state index in [-0.39, 0.29) is 31.2 Å². The first-order valence-corrected chi connectivity index (χ1v) is 5.23. The van der Waals surface area contributed by atoms with E-state index in [1.807, 2.05) is 0 Å². The van der Waals surface area contributed by atoms with Crippen LogP contribution in [0.5, 0.6) is 0 Å². The molecule has 0 saturated carbocycles. The second kappa shape index (κ2) is 6.73. The SMILES string of the molecule is C[C@@H](CCC(F)(F)F)C[C@H](CN)CC(=O)O. The van der Waals surface area contributed by atoms with Crippen LogP contribution in [0.15, 0.2) is 0 Å². The molecule has 0 aromatic heterocycles.